The van der Waals surface area contributed by atoms with Gasteiger partial charge in [-0.3, -0.25) is 0 Å². The third-order valence-corrected chi connectivity index (χ3v) is 5.90. The second-order valence-electron chi connectivity index (χ2n) is 6.48. The van der Waals surface area contributed by atoms with Crippen molar-refractivity contribution in [3.05, 3.63) is 36.4 Å². The van der Waals surface area contributed by atoms with E-state index >= 15 is 0 Å². The summed E-state index contributed by atoms with van der Waals surface area (Å²) >= 11 is 0. The smallest absolute Gasteiger partial charge is 0.180 e. The van der Waals surface area contributed by atoms with Gasteiger partial charge in [-0.2, -0.15) is 0 Å². The van der Waals surface area contributed by atoms with Gasteiger partial charge in [0, 0.05) is 26.2 Å². The van der Waals surface area contributed by atoms with Gasteiger partial charge < -0.3 is 20.1 Å². The Labute approximate surface area is 150 Å². The van der Waals surface area contributed by atoms with Crippen molar-refractivity contribution in [1.82, 2.24) is 10.2 Å². The van der Waals surface area contributed by atoms with Gasteiger partial charge in [0.25, 0.3) is 0 Å². The molecule has 0 amide bonds. The van der Waals surface area contributed by atoms with Gasteiger partial charge in [0.1, 0.15) is 12.4 Å². The minimum absolute atomic E-state index is 0.204. The molecular weight excluding hydrogens is 340 g/mol. The molecule has 0 aromatic heterocycles. The largest absolute Gasteiger partial charge is 0.492 e. The standard InChI is InChI=1S/C18H28N2O4S/c1-15(2)7-9-20-10-8-19-16(13-20)14-24-17-3-5-18(6-4-17)25(22,23)12-11-21/h3-6,16,19,21H,1,7-14H2,2H3. The Morgan fingerprint density at radius 1 is 1.40 bits per heavy atom. The van der Waals surface area contributed by atoms with Crippen molar-refractivity contribution in [3.63, 3.8) is 0 Å². The summed E-state index contributed by atoms with van der Waals surface area (Å²) in [5.41, 5.74) is 1.20. The summed E-state index contributed by atoms with van der Waals surface area (Å²) in [5, 5.41) is 12.3. The minimum Gasteiger partial charge on any atom is -0.492 e. The van der Waals surface area contributed by atoms with E-state index in [1.165, 1.54) is 17.7 Å². The quantitative estimate of drug-likeness (QED) is 0.635. The van der Waals surface area contributed by atoms with Gasteiger partial charge in [0.15, 0.2) is 9.84 Å². The lowest BCUT2D eigenvalue weighted by molar-refractivity contribution is 0.159. The summed E-state index contributed by atoms with van der Waals surface area (Å²) in [6.45, 7) is 10.1. The normalized spacial score (nSPS) is 18.9. The predicted octanol–water partition coefficient (Wildman–Crippen LogP) is 1.07. The zero-order chi connectivity index (χ0) is 18.3. The highest BCUT2D eigenvalue weighted by atomic mass is 32.2. The van der Waals surface area contributed by atoms with Crippen LogP contribution in [0.5, 0.6) is 5.75 Å². The molecule has 1 aliphatic heterocycles. The molecule has 1 heterocycles. The van der Waals surface area contributed by atoms with Gasteiger partial charge in [-0.05, 0) is 37.6 Å². The number of rotatable bonds is 9. The number of ether oxygens (including phenoxy) is 1. The monoisotopic (exact) mass is 368 g/mol. The van der Waals surface area contributed by atoms with Crippen LogP contribution in [0.2, 0.25) is 0 Å². The topological polar surface area (TPSA) is 78.9 Å². The van der Waals surface area contributed by atoms with E-state index in [9.17, 15) is 8.42 Å². The maximum Gasteiger partial charge on any atom is 0.180 e. The minimum atomic E-state index is -3.41. The first-order valence-electron chi connectivity index (χ1n) is 8.57. The molecule has 1 unspecified atom stereocenters. The fourth-order valence-corrected chi connectivity index (χ4v) is 3.76. The zero-order valence-electron chi connectivity index (χ0n) is 14.8. The Hall–Kier alpha value is -1.41. The van der Waals surface area contributed by atoms with Crippen LogP contribution in [-0.2, 0) is 9.84 Å². The highest BCUT2D eigenvalue weighted by Crippen LogP contribution is 2.17. The molecule has 25 heavy (non-hydrogen) atoms. The van der Waals surface area contributed by atoms with Crippen LogP contribution in [-0.4, -0.2) is 69.6 Å². The van der Waals surface area contributed by atoms with E-state index < -0.39 is 9.84 Å². The van der Waals surface area contributed by atoms with E-state index in [2.05, 4.69) is 16.8 Å². The first-order chi connectivity index (χ1) is 11.9. The fraction of sp³-hybridized carbons (Fsp3) is 0.556. The molecule has 0 spiro atoms. The Morgan fingerprint density at radius 3 is 2.76 bits per heavy atom. The van der Waals surface area contributed by atoms with E-state index in [0.717, 1.165) is 32.6 Å². The molecule has 0 aliphatic carbocycles. The summed E-state index contributed by atoms with van der Waals surface area (Å²) in [4.78, 5) is 2.61. The van der Waals surface area contributed by atoms with Crippen molar-refractivity contribution in [2.45, 2.75) is 24.3 Å². The second kappa shape index (κ2) is 9.33. The Morgan fingerprint density at radius 2 is 2.12 bits per heavy atom. The van der Waals surface area contributed by atoms with E-state index in [0.29, 0.717) is 12.4 Å². The number of benzene rings is 1. The molecule has 1 atom stereocenters. The first kappa shape index (κ1) is 19.9. The van der Waals surface area contributed by atoms with Crippen LogP contribution in [0.15, 0.2) is 41.3 Å². The number of piperazine rings is 1. The van der Waals surface area contributed by atoms with Crippen molar-refractivity contribution in [2.75, 3.05) is 45.1 Å². The van der Waals surface area contributed by atoms with Gasteiger partial charge in [-0.1, -0.05) is 5.57 Å². The number of aliphatic hydroxyl groups is 1. The van der Waals surface area contributed by atoms with Crippen LogP contribution in [0.4, 0.5) is 0 Å². The Bertz CT molecular complexity index is 658. The van der Waals surface area contributed by atoms with Crippen LogP contribution >= 0.6 is 0 Å². The molecule has 0 saturated carbocycles. The van der Waals surface area contributed by atoms with E-state index in [1.54, 1.807) is 12.1 Å². The van der Waals surface area contributed by atoms with Gasteiger partial charge in [0.05, 0.1) is 23.3 Å². The summed E-state index contributed by atoms with van der Waals surface area (Å²) in [5.74, 6) is 0.378. The Kier molecular flexibility index (Phi) is 7.43. The second-order valence-corrected chi connectivity index (χ2v) is 8.59. The summed E-state index contributed by atoms with van der Waals surface area (Å²) in [6, 6.07) is 6.61. The molecule has 0 radical (unpaired) electrons. The zero-order valence-corrected chi connectivity index (χ0v) is 15.6. The van der Waals surface area contributed by atoms with E-state index in [4.69, 9.17) is 9.84 Å². The molecule has 6 nitrogen and oxygen atoms in total. The lowest BCUT2D eigenvalue weighted by Gasteiger charge is -2.33. The third-order valence-electron chi connectivity index (χ3n) is 4.19. The first-order valence-corrected chi connectivity index (χ1v) is 10.2. The SMILES string of the molecule is C=C(C)CCN1CCNC(COc2ccc(S(=O)(=O)CCO)cc2)C1. The molecule has 2 N–H and O–H groups in total. The van der Waals surface area contributed by atoms with Gasteiger partial charge in [0.2, 0.25) is 0 Å². The maximum absolute atomic E-state index is 11.9. The molecule has 1 fully saturated rings. The summed E-state index contributed by atoms with van der Waals surface area (Å²) < 4.78 is 29.5. The number of nitrogens with zero attached hydrogens (tertiary/aromatic N) is 1. The fourth-order valence-electron chi connectivity index (χ4n) is 2.74. The highest BCUT2D eigenvalue weighted by Gasteiger charge is 2.19. The molecule has 2 rings (SSSR count). The van der Waals surface area contributed by atoms with Crippen molar-refractivity contribution in [2.24, 2.45) is 0 Å². The average Bonchev–Trinajstić information content (AvgIpc) is 2.59. The van der Waals surface area contributed by atoms with Crippen LogP contribution in [0.1, 0.15) is 13.3 Å². The van der Waals surface area contributed by atoms with Crippen LogP contribution in [0.25, 0.3) is 0 Å². The number of sulfone groups is 1. The summed E-state index contributed by atoms with van der Waals surface area (Å²) in [6.07, 6.45) is 1.01. The average molecular weight is 368 g/mol. The van der Waals surface area contributed by atoms with Crippen molar-refractivity contribution < 1.29 is 18.3 Å². The van der Waals surface area contributed by atoms with Crippen LogP contribution in [0.3, 0.4) is 0 Å². The van der Waals surface area contributed by atoms with Gasteiger partial charge >= 0.3 is 0 Å². The van der Waals surface area contributed by atoms with Gasteiger partial charge in [-0.25, -0.2) is 8.42 Å². The lowest BCUT2D eigenvalue weighted by atomic mass is 10.2. The molecule has 0 bridgehead atoms. The molecule has 140 valence electrons. The molecule has 1 aliphatic rings. The number of aliphatic hydroxyl groups excluding tert-OH is 1. The lowest BCUT2D eigenvalue weighted by Crippen LogP contribution is -2.53. The van der Waals surface area contributed by atoms with Crippen molar-refractivity contribution in [3.8, 4) is 5.75 Å². The van der Waals surface area contributed by atoms with Crippen molar-refractivity contribution >= 4 is 9.84 Å². The van der Waals surface area contributed by atoms with Crippen LogP contribution < -0.4 is 10.1 Å². The predicted molar refractivity (Wildman–Crippen MR) is 98.7 cm³/mol. The maximum atomic E-state index is 11.9. The molecule has 1 saturated heterocycles. The Balaban J connectivity index is 1.83. The summed E-state index contributed by atoms with van der Waals surface area (Å²) in [7, 11) is -3.41. The molecule has 1 aromatic carbocycles. The molecular formula is C18H28N2O4S. The molecule has 1 aromatic rings. The highest BCUT2D eigenvalue weighted by molar-refractivity contribution is 7.91. The van der Waals surface area contributed by atoms with Gasteiger partial charge in [-0.15, -0.1) is 6.58 Å². The number of hydrogen-bond donors (Lipinski definition) is 2. The van der Waals surface area contributed by atoms with E-state index in [-0.39, 0.29) is 23.3 Å². The van der Waals surface area contributed by atoms with Crippen LogP contribution in [0, 0.1) is 0 Å². The molecule has 7 heteroatoms. The third kappa shape index (κ3) is 6.43. The number of hydrogen-bond acceptors (Lipinski definition) is 6. The van der Waals surface area contributed by atoms with E-state index in [1.807, 2.05) is 6.92 Å². The number of nitrogens with one attached hydrogen (secondary N) is 1. The van der Waals surface area contributed by atoms with Crippen molar-refractivity contribution in [1.29, 1.82) is 0 Å².